The van der Waals surface area contributed by atoms with Gasteiger partial charge >= 0.3 is 6.09 Å². The Bertz CT molecular complexity index is 1280. The summed E-state index contributed by atoms with van der Waals surface area (Å²) in [5.74, 6) is -0.292. The number of methoxy groups -OCH3 is 1. The largest absolute Gasteiger partial charge is 0.474 e. The number of nitriles is 1. The maximum absolute atomic E-state index is 14.9. The Hall–Kier alpha value is -4.51. The van der Waals surface area contributed by atoms with Crippen molar-refractivity contribution in [3.63, 3.8) is 0 Å². The molecule has 0 saturated heterocycles. The minimum Gasteiger partial charge on any atom is -0.474 e. The van der Waals surface area contributed by atoms with Crippen molar-refractivity contribution in [3.8, 4) is 17.6 Å². The van der Waals surface area contributed by atoms with E-state index in [0.29, 0.717) is 18.0 Å². The van der Waals surface area contributed by atoms with Crippen molar-refractivity contribution < 1.29 is 23.8 Å². The zero-order valence-electron chi connectivity index (χ0n) is 20.2. The summed E-state index contributed by atoms with van der Waals surface area (Å²) < 4.78 is 25.6. The van der Waals surface area contributed by atoms with Crippen molar-refractivity contribution in [1.29, 1.82) is 5.26 Å². The molecule has 3 aromatic rings. The fourth-order valence-corrected chi connectivity index (χ4v) is 3.78. The highest BCUT2D eigenvalue weighted by atomic mass is 19.1. The van der Waals surface area contributed by atoms with Crippen molar-refractivity contribution in [2.24, 2.45) is 5.92 Å². The van der Waals surface area contributed by atoms with Crippen molar-refractivity contribution in [3.05, 3.63) is 42.1 Å². The van der Waals surface area contributed by atoms with Crippen molar-refractivity contribution in [2.75, 3.05) is 31.0 Å². The van der Waals surface area contributed by atoms with Crippen LogP contribution in [0.15, 0.2) is 30.7 Å². The molecule has 0 radical (unpaired) electrons. The molecule has 1 aliphatic carbocycles. The quantitative estimate of drug-likeness (QED) is 0.263. The van der Waals surface area contributed by atoms with Crippen LogP contribution < -0.4 is 20.7 Å². The Morgan fingerprint density at radius 2 is 2.05 bits per heavy atom. The first-order valence-electron chi connectivity index (χ1n) is 11.5. The third-order valence-electron chi connectivity index (χ3n) is 5.67. The third kappa shape index (κ3) is 6.39. The van der Waals surface area contributed by atoms with Gasteiger partial charge < -0.3 is 30.5 Å². The maximum atomic E-state index is 14.9. The van der Waals surface area contributed by atoms with Gasteiger partial charge in [0.15, 0.2) is 17.5 Å². The first-order chi connectivity index (χ1) is 17.9. The predicted octanol–water partition coefficient (Wildman–Crippen LogP) is 2.68. The number of carboxylic acid groups (broad SMARTS) is 1. The highest BCUT2D eigenvalue weighted by Gasteiger charge is 2.36. The van der Waals surface area contributed by atoms with Crippen LogP contribution >= 0.6 is 0 Å². The van der Waals surface area contributed by atoms with Crippen molar-refractivity contribution in [2.45, 2.75) is 31.8 Å². The fraction of sp³-hybridized carbons (Fsp3) is 0.391. The minimum atomic E-state index is -1.17. The summed E-state index contributed by atoms with van der Waals surface area (Å²) >= 11 is 0. The zero-order valence-corrected chi connectivity index (χ0v) is 20.2. The summed E-state index contributed by atoms with van der Waals surface area (Å²) in [4.78, 5) is 21.1. The van der Waals surface area contributed by atoms with E-state index in [2.05, 4.69) is 36.1 Å². The van der Waals surface area contributed by atoms with Crippen LogP contribution in [0.3, 0.4) is 0 Å². The molecular formula is C23H26FN9O4. The van der Waals surface area contributed by atoms with Gasteiger partial charge in [0.05, 0.1) is 42.5 Å². The van der Waals surface area contributed by atoms with E-state index in [0.717, 1.165) is 18.9 Å². The minimum absolute atomic E-state index is 0.0260. The molecule has 2 atom stereocenters. The average molecular weight is 512 g/mol. The number of halogens is 1. The molecule has 0 unspecified atom stereocenters. The van der Waals surface area contributed by atoms with Gasteiger partial charge in [-0.05, 0) is 37.8 Å². The number of nitrogens with one attached hydrogen (secondary N) is 3. The van der Waals surface area contributed by atoms with E-state index >= 15 is 0 Å². The van der Waals surface area contributed by atoms with E-state index in [-0.39, 0.29) is 41.6 Å². The highest BCUT2D eigenvalue weighted by Crippen LogP contribution is 2.36. The Kier molecular flexibility index (Phi) is 7.94. The molecule has 37 heavy (non-hydrogen) atoms. The van der Waals surface area contributed by atoms with Crippen LogP contribution in [-0.4, -0.2) is 68.6 Å². The van der Waals surface area contributed by atoms with Gasteiger partial charge in [-0.3, -0.25) is 0 Å². The first kappa shape index (κ1) is 25.6. The average Bonchev–Trinajstić information content (AvgIpc) is 3.56. The van der Waals surface area contributed by atoms with Gasteiger partial charge in [0.1, 0.15) is 18.4 Å². The monoisotopic (exact) mass is 511 g/mol. The lowest BCUT2D eigenvalue weighted by Crippen LogP contribution is -2.45. The van der Waals surface area contributed by atoms with E-state index in [9.17, 15) is 14.4 Å². The number of anilines is 3. The lowest BCUT2D eigenvalue weighted by Gasteiger charge is -2.26. The van der Waals surface area contributed by atoms with Gasteiger partial charge in [0, 0.05) is 13.2 Å². The summed E-state index contributed by atoms with van der Waals surface area (Å²) in [7, 11) is 1.56. The standard InChI is InChI=1S/C23H26FN9O4/c1-13(29-23(34)35)19(14-3-4-14)31-21-17(24)9-15(11-25)20(32-21)30-16-10-18(33-27-5-6-28-33)22(26-12-16)37-8-7-36-2/h5-6,9-10,12-14,19,29H,3-4,7-8H2,1-2H3,(H,34,35)(H2,30,31,32)/t13-,19-/m0/s1. The number of carbonyl (C=O) groups is 1. The molecule has 14 heteroatoms. The van der Waals surface area contributed by atoms with Crippen LogP contribution in [0.1, 0.15) is 25.3 Å². The predicted molar refractivity (Wildman–Crippen MR) is 129 cm³/mol. The van der Waals surface area contributed by atoms with E-state index < -0.39 is 18.0 Å². The van der Waals surface area contributed by atoms with E-state index in [1.165, 1.54) is 23.4 Å². The Balaban J connectivity index is 1.62. The smallest absolute Gasteiger partial charge is 0.404 e. The van der Waals surface area contributed by atoms with Crippen LogP contribution in [0.2, 0.25) is 0 Å². The van der Waals surface area contributed by atoms with Crippen molar-refractivity contribution in [1.82, 2.24) is 30.3 Å². The maximum Gasteiger partial charge on any atom is 0.404 e. The summed E-state index contributed by atoms with van der Waals surface area (Å²) in [6.07, 6.45) is 5.09. The molecule has 0 bridgehead atoms. The summed E-state index contributed by atoms with van der Waals surface area (Å²) in [5.41, 5.74) is 0.821. The molecule has 1 aliphatic rings. The van der Waals surface area contributed by atoms with E-state index in [4.69, 9.17) is 14.6 Å². The van der Waals surface area contributed by atoms with Gasteiger partial charge in [-0.25, -0.2) is 19.2 Å². The Morgan fingerprint density at radius 3 is 2.70 bits per heavy atom. The van der Waals surface area contributed by atoms with Crippen LogP contribution in [0, 0.1) is 23.1 Å². The van der Waals surface area contributed by atoms with Crippen LogP contribution in [0.5, 0.6) is 5.88 Å². The Morgan fingerprint density at radius 1 is 1.30 bits per heavy atom. The topological polar surface area (TPSA) is 172 Å². The molecule has 0 aromatic carbocycles. The number of hydrogen-bond acceptors (Lipinski definition) is 10. The molecule has 0 aliphatic heterocycles. The van der Waals surface area contributed by atoms with E-state index in [1.807, 2.05) is 6.07 Å². The zero-order chi connectivity index (χ0) is 26.4. The number of nitrogens with zero attached hydrogens (tertiary/aromatic N) is 6. The number of ether oxygens (including phenoxy) is 2. The number of hydrogen-bond donors (Lipinski definition) is 4. The van der Waals surface area contributed by atoms with Gasteiger partial charge in [0.25, 0.3) is 0 Å². The van der Waals surface area contributed by atoms with Crippen LogP contribution in [0.25, 0.3) is 5.69 Å². The molecule has 4 rings (SSSR count). The molecule has 1 amide bonds. The number of pyridine rings is 2. The SMILES string of the molecule is COCCOc1ncc(Nc2nc(N[C@H](C3CC3)[C@H](C)NC(=O)O)c(F)cc2C#N)cc1-n1nccn1. The normalized spacial score (nSPS) is 14.3. The molecule has 13 nitrogen and oxygen atoms in total. The number of rotatable bonds is 12. The van der Waals surface area contributed by atoms with Gasteiger partial charge in [-0.15, -0.1) is 4.80 Å². The second-order valence-corrected chi connectivity index (χ2v) is 8.41. The van der Waals surface area contributed by atoms with Crippen molar-refractivity contribution >= 4 is 23.4 Å². The van der Waals surface area contributed by atoms with Gasteiger partial charge in [0.2, 0.25) is 5.88 Å². The van der Waals surface area contributed by atoms with Crippen LogP contribution in [-0.2, 0) is 4.74 Å². The number of amides is 1. The molecule has 1 fully saturated rings. The fourth-order valence-electron chi connectivity index (χ4n) is 3.78. The molecule has 3 heterocycles. The second-order valence-electron chi connectivity index (χ2n) is 8.41. The molecular weight excluding hydrogens is 485 g/mol. The molecule has 3 aromatic heterocycles. The third-order valence-corrected chi connectivity index (χ3v) is 5.67. The lowest BCUT2D eigenvalue weighted by atomic mass is 10.0. The van der Waals surface area contributed by atoms with E-state index in [1.54, 1.807) is 20.1 Å². The molecule has 4 N–H and O–H groups in total. The van der Waals surface area contributed by atoms with Gasteiger partial charge in [-0.1, -0.05) is 0 Å². The summed E-state index contributed by atoms with van der Waals surface area (Å²) in [6, 6.07) is 3.80. The highest BCUT2D eigenvalue weighted by molar-refractivity contribution is 5.67. The lowest BCUT2D eigenvalue weighted by molar-refractivity contribution is 0.143. The first-order valence-corrected chi connectivity index (χ1v) is 11.5. The Labute approximate surface area is 211 Å². The molecule has 194 valence electrons. The van der Waals surface area contributed by atoms with Gasteiger partial charge in [-0.2, -0.15) is 15.5 Å². The molecule has 1 saturated carbocycles. The van der Waals surface area contributed by atoms with Crippen LogP contribution in [0.4, 0.5) is 26.5 Å². The summed E-state index contributed by atoms with van der Waals surface area (Å²) in [5, 5.41) is 35.4. The second kappa shape index (κ2) is 11.5. The number of aromatic nitrogens is 5. The molecule has 0 spiro atoms. The summed E-state index contributed by atoms with van der Waals surface area (Å²) in [6.45, 7) is 2.32.